The first-order valence-electron chi connectivity index (χ1n) is 8.73. The molecule has 0 atom stereocenters. The molecule has 3 N–H and O–H groups in total. The summed E-state index contributed by atoms with van der Waals surface area (Å²) in [5.41, 5.74) is 0.368. The summed E-state index contributed by atoms with van der Waals surface area (Å²) in [5.74, 6) is -0.923. The van der Waals surface area contributed by atoms with Gasteiger partial charge in [-0.25, -0.2) is 4.79 Å². The first-order valence-corrected chi connectivity index (χ1v) is 8.73. The van der Waals surface area contributed by atoms with Crippen LogP contribution in [0.3, 0.4) is 0 Å². The lowest BCUT2D eigenvalue weighted by atomic mass is 10.1. The first-order chi connectivity index (χ1) is 13.0. The summed E-state index contributed by atoms with van der Waals surface area (Å²) >= 11 is 0. The zero-order chi connectivity index (χ0) is 19.8. The summed E-state index contributed by atoms with van der Waals surface area (Å²) in [4.78, 5) is 23.4. The van der Waals surface area contributed by atoms with Crippen LogP contribution in [0.4, 0.5) is 5.69 Å². The molecule has 0 saturated carbocycles. The van der Waals surface area contributed by atoms with E-state index in [4.69, 9.17) is 14.6 Å². The third kappa shape index (κ3) is 5.37. The highest BCUT2D eigenvalue weighted by molar-refractivity contribution is 6.05. The fraction of sp³-hybridized carbons (Fsp3) is 0.300. The van der Waals surface area contributed by atoms with Gasteiger partial charge in [-0.3, -0.25) is 4.79 Å². The second-order valence-corrected chi connectivity index (χ2v) is 5.79. The van der Waals surface area contributed by atoms with E-state index in [2.05, 4.69) is 12.2 Å². The van der Waals surface area contributed by atoms with Gasteiger partial charge >= 0.3 is 5.97 Å². The maximum absolute atomic E-state index is 12.5. The molecule has 0 spiro atoms. The van der Waals surface area contributed by atoms with Gasteiger partial charge in [0.15, 0.2) is 11.5 Å². The second-order valence-electron chi connectivity index (χ2n) is 5.79. The van der Waals surface area contributed by atoms with Crippen molar-refractivity contribution >= 4 is 17.6 Å². The van der Waals surface area contributed by atoms with Gasteiger partial charge in [0.2, 0.25) is 0 Å². The highest BCUT2D eigenvalue weighted by Gasteiger charge is 2.14. The number of amides is 1. The van der Waals surface area contributed by atoms with Gasteiger partial charge in [0.05, 0.1) is 24.5 Å². The van der Waals surface area contributed by atoms with Crippen LogP contribution in [0.15, 0.2) is 36.4 Å². The Morgan fingerprint density at radius 2 is 1.74 bits per heavy atom. The van der Waals surface area contributed by atoms with Gasteiger partial charge in [-0.2, -0.15) is 0 Å². The predicted molar refractivity (Wildman–Crippen MR) is 101 cm³/mol. The molecule has 7 heteroatoms. The summed E-state index contributed by atoms with van der Waals surface area (Å²) in [6.07, 6.45) is 1.92. The number of phenols is 1. The van der Waals surface area contributed by atoms with Gasteiger partial charge in [-0.15, -0.1) is 0 Å². The SMILES string of the molecule is CCCCOc1ccc(C(=O)Nc2ccc(C(=O)O)cc2O)cc1OCC. The van der Waals surface area contributed by atoms with Crippen molar-refractivity contribution in [1.29, 1.82) is 0 Å². The number of carboxylic acids is 1. The average Bonchev–Trinajstić information content (AvgIpc) is 2.64. The average molecular weight is 373 g/mol. The fourth-order valence-corrected chi connectivity index (χ4v) is 2.33. The number of benzene rings is 2. The number of carboxylic acid groups (broad SMARTS) is 1. The van der Waals surface area contributed by atoms with E-state index in [1.807, 2.05) is 6.92 Å². The number of hydrogen-bond donors (Lipinski definition) is 3. The molecule has 0 aliphatic heterocycles. The van der Waals surface area contributed by atoms with Gasteiger partial charge in [0.25, 0.3) is 5.91 Å². The van der Waals surface area contributed by atoms with Crippen molar-refractivity contribution in [3.8, 4) is 17.2 Å². The molecule has 0 aliphatic carbocycles. The molecule has 0 aliphatic rings. The van der Waals surface area contributed by atoms with Crippen molar-refractivity contribution < 1.29 is 29.3 Å². The smallest absolute Gasteiger partial charge is 0.335 e. The molecule has 0 unspecified atom stereocenters. The van der Waals surface area contributed by atoms with Crippen LogP contribution < -0.4 is 14.8 Å². The molecule has 0 saturated heterocycles. The number of carbonyl (C=O) groups is 2. The standard InChI is InChI=1S/C20H23NO6/c1-3-5-10-27-17-9-7-13(12-18(17)26-4-2)19(23)21-15-8-6-14(20(24)25)11-16(15)22/h6-9,11-12,22H,3-5,10H2,1-2H3,(H,21,23)(H,24,25). The second kappa shape index (κ2) is 9.47. The van der Waals surface area contributed by atoms with Crippen LogP contribution in [-0.2, 0) is 0 Å². The maximum atomic E-state index is 12.5. The summed E-state index contributed by atoms with van der Waals surface area (Å²) in [5, 5.41) is 21.4. The van der Waals surface area contributed by atoms with Crippen LogP contribution in [0.2, 0.25) is 0 Å². The van der Waals surface area contributed by atoms with Crippen molar-refractivity contribution in [2.45, 2.75) is 26.7 Å². The number of nitrogens with one attached hydrogen (secondary N) is 1. The van der Waals surface area contributed by atoms with Crippen LogP contribution in [0.25, 0.3) is 0 Å². The molecule has 0 heterocycles. The number of unbranched alkanes of at least 4 members (excludes halogenated alkanes) is 1. The van der Waals surface area contributed by atoms with Crippen LogP contribution >= 0.6 is 0 Å². The molecule has 2 rings (SSSR count). The number of aromatic carboxylic acids is 1. The molecule has 0 aromatic heterocycles. The molecule has 0 bridgehead atoms. The van der Waals surface area contributed by atoms with E-state index in [9.17, 15) is 14.7 Å². The normalized spacial score (nSPS) is 10.3. The van der Waals surface area contributed by atoms with E-state index in [0.717, 1.165) is 18.9 Å². The number of hydrogen-bond acceptors (Lipinski definition) is 5. The molecule has 27 heavy (non-hydrogen) atoms. The zero-order valence-electron chi connectivity index (χ0n) is 15.3. The molecular formula is C20H23NO6. The molecule has 0 fully saturated rings. The Kier molecular flexibility index (Phi) is 7.05. The molecule has 7 nitrogen and oxygen atoms in total. The molecule has 144 valence electrons. The van der Waals surface area contributed by atoms with Crippen molar-refractivity contribution in [2.24, 2.45) is 0 Å². The van der Waals surface area contributed by atoms with Crippen molar-refractivity contribution in [3.05, 3.63) is 47.5 Å². The van der Waals surface area contributed by atoms with Crippen LogP contribution in [0.1, 0.15) is 47.4 Å². The fourth-order valence-electron chi connectivity index (χ4n) is 2.33. The third-order valence-corrected chi connectivity index (χ3v) is 3.75. The van der Waals surface area contributed by atoms with Gasteiger partial charge in [-0.1, -0.05) is 13.3 Å². The lowest BCUT2D eigenvalue weighted by Gasteiger charge is -2.13. The number of rotatable bonds is 9. The van der Waals surface area contributed by atoms with Crippen molar-refractivity contribution in [1.82, 2.24) is 0 Å². The largest absolute Gasteiger partial charge is 0.506 e. The van der Waals surface area contributed by atoms with E-state index < -0.39 is 11.9 Å². The van der Waals surface area contributed by atoms with Crippen LogP contribution in [-0.4, -0.2) is 35.3 Å². The van der Waals surface area contributed by atoms with Crippen LogP contribution in [0, 0.1) is 0 Å². The molecule has 2 aromatic carbocycles. The highest BCUT2D eigenvalue weighted by atomic mass is 16.5. The topological polar surface area (TPSA) is 105 Å². The monoisotopic (exact) mass is 373 g/mol. The molecule has 1 amide bonds. The summed E-state index contributed by atoms with van der Waals surface area (Å²) in [6, 6.07) is 8.55. The summed E-state index contributed by atoms with van der Waals surface area (Å²) < 4.78 is 11.2. The number of phenolic OH excluding ortho intramolecular Hbond substituents is 1. The summed E-state index contributed by atoms with van der Waals surface area (Å²) in [6.45, 7) is 4.89. The first kappa shape index (κ1) is 20.1. The number of anilines is 1. The van der Waals surface area contributed by atoms with Crippen LogP contribution in [0.5, 0.6) is 17.2 Å². The quantitative estimate of drug-likeness (QED) is 0.454. The number of ether oxygens (including phenoxy) is 2. The third-order valence-electron chi connectivity index (χ3n) is 3.75. The lowest BCUT2D eigenvalue weighted by molar-refractivity contribution is 0.0696. The van der Waals surface area contributed by atoms with E-state index in [-0.39, 0.29) is 17.0 Å². The lowest BCUT2D eigenvalue weighted by Crippen LogP contribution is -2.13. The molecule has 2 aromatic rings. The Labute approximate surface area is 157 Å². The van der Waals surface area contributed by atoms with Crippen molar-refractivity contribution in [3.63, 3.8) is 0 Å². The summed E-state index contributed by atoms with van der Waals surface area (Å²) in [7, 11) is 0. The Morgan fingerprint density at radius 3 is 2.37 bits per heavy atom. The van der Waals surface area contributed by atoms with E-state index in [0.29, 0.717) is 30.3 Å². The van der Waals surface area contributed by atoms with Gasteiger partial charge < -0.3 is 25.0 Å². The number of carbonyl (C=O) groups excluding carboxylic acids is 1. The highest BCUT2D eigenvalue weighted by Crippen LogP contribution is 2.30. The minimum absolute atomic E-state index is 0.0716. The Morgan fingerprint density at radius 1 is 1.00 bits per heavy atom. The van der Waals surface area contributed by atoms with Gasteiger partial charge in [0, 0.05) is 5.56 Å². The van der Waals surface area contributed by atoms with Gasteiger partial charge in [-0.05, 0) is 49.7 Å². The van der Waals surface area contributed by atoms with Gasteiger partial charge in [0.1, 0.15) is 5.75 Å². The van der Waals surface area contributed by atoms with E-state index >= 15 is 0 Å². The molecule has 0 radical (unpaired) electrons. The predicted octanol–water partition coefficient (Wildman–Crippen LogP) is 3.92. The maximum Gasteiger partial charge on any atom is 0.335 e. The Balaban J connectivity index is 2.18. The number of aromatic hydroxyl groups is 1. The van der Waals surface area contributed by atoms with Crippen molar-refractivity contribution in [2.75, 3.05) is 18.5 Å². The zero-order valence-corrected chi connectivity index (χ0v) is 15.3. The minimum atomic E-state index is -1.16. The minimum Gasteiger partial charge on any atom is -0.506 e. The van der Waals surface area contributed by atoms with E-state index in [1.165, 1.54) is 12.1 Å². The molecular weight excluding hydrogens is 350 g/mol. The Hall–Kier alpha value is -3.22. The van der Waals surface area contributed by atoms with E-state index in [1.54, 1.807) is 18.2 Å². The Bertz CT molecular complexity index is 818.